The first-order valence-corrected chi connectivity index (χ1v) is 17.9. The molecule has 4 N–H and O–H groups in total. The Morgan fingerprint density at radius 1 is 0.717 bits per heavy atom. The first-order valence-electron chi connectivity index (χ1n) is 13.9. The SMILES string of the molecule is CS(=O)(=O)Oc1ccc(C(O)CNCc2ccccc2)c(F)c1.CS(=O)(=O)Oc1ccc(C(O)CNCc2ccccc2)cc1Cl. The Morgan fingerprint density at radius 3 is 1.72 bits per heavy atom. The topological polar surface area (TPSA) is 151 Å². The Hall–Kier alpha value is -3.56. The van der Waals surface area contributed by atoms with E-state index in [1.165, 1.54) is 24.3 Å². The fourth-order valence-electron chi connectivity index (χ4n) is 4.09. The van der Waals surface area contributed by atoms with Gasteiger partial charge in [0.05, 0.1) is 29.7 Å². The Labute approximate surface area is 274 Å². The summed E-state index contributed by atoms with van der Waals surface area (Å²) in [5, 5.41) is 26.5. The molecule has 0 aromatic heterocycles. The number of aliphatic hydroxyl groups is 2. The van der Waals surface area contributed by atoms with Gasteiger partial charge >= 0.3 is 20.2 Å². The van der Waals surface area contributed by atoms with Crippen LogP contribution in [-0.4, -0.2) is 52.6 Å². The lowest BCUT2D eigenvalue weighted by Gasteiger charge is -2.14. The van der Waals surface area contributed by atoms with E-state index in [1.807, 2.05) is 60.7 Å². The quantitative estimate of drug-likeness (QED) is 0.139. The number of nitrogens with one attached hydrogen (secondary N) is 2. The molecule has 0 aliphatic carbocycles. The van der Waals surface area contributed by atoms with Gasteiger partial charge in [0.25, 0.3) is 0 Å². The van der Waals surface area contributed by atoms with Crippen molar-refractivity contribution in [1.29, 1.82) is 0 Å². The van der Waals surface area contributed by atoms with Gasteiger partial charge in [0.1, 0.15) is 11.6 Å². The molecule has 0 fully saturated rings. The van der Waals surface area contributed by atoms with Crippen LogP contribution in [0.1, 0.15) is 34.5 Å². The van der Waals surface area contributed by atoms with Crippen LogP contribution in [0, 0.1) is 5.82 Å². The standard InChI is InChI=1S/C16H18ClNO4S.C16H18FNO4S/c1-23(20,21)22-16-8-7-13(9-14(16)17)15(19)11-18-10-12-5-3-2-4-6-12;1-23(20,21)22-13-7-8-14(15(17)9-13)16(19)11-18-10-12-5-3-2-4-6-12/h2-9,15,18-19H,10-11H2,1H3;2-9,16,18-19H,10-11H2,1H3. The zero-order valence-corrected chi connectivity index (χ0v) is 27.5. The number of halogens is 2. The summed E-state index contributed by atoms with van der Waals surface area (Å²) in [6.07, 6.45) is 0.00954. The highest BCUT2D eigenvalue weighted by Crippen LogP contribution is 2.29. The van der Waals surface area contributed by atoms with E-state index in [2.05, 4.69) is 14.8 Å². The summed E-state index contributed by atoms with van der Waals surface area (Å²) < 4.78 is 67.5. The third-order valence-electron chi connectivity index (χ3n) is 6.18. The van der Waals surface area contributed by atoms with Gasteiger partial charge in [-0.2, -0.15) is 16.8 Å². The van der Waals surface area contributed by atoms with Crippen LogP contribution in [-0.2, 0) is 33.3 Å². The van der Waals surface area contributed by atoms with Crippen LogP contribution < -0.4 is 19.0 Å². The molecule has 4 aromatic rings. The predicted molar refractivity (Wildman–Crippen MR) is 175 cm³/mol. The molecular weight excluding hydrogens is 659 g/mol. The molecule has 4 aromatic carbocycles. The molecule has 0 radical (unpaired) electrons. The molecule has 10 nitrogen and oxygen atoms in total. The molecule has 14 heteroatoms. The van der Waals surface area contributed by atoms with E-state index in [0.29, 0.717) is 25.2 Å². The number of aliphatic hydroxyl groups excluding tert-OH is 2. The van der Waals surface area contributed by atoms with Crippen LogP contribution in [0.2, 0.25) is 5.02 Å². The van der Waals surface area contributed by atoms with Crippen molar-refractivity contribution in [2.45, 2.75) is 25.3 Å². The summed E-state index contributed by atoms with van der Waals surface area (Å²) in [5.41, 5.74) is 2.83. The van der Waals surface area contributed by atoms with Crippen molar-refractivity contribution in [2.24, 2.45) is 0 Å². The Bertz CT molecular complexity index is 1760. The van der Waals surface area contributed by atoms with Crippen molar-refractivity contribution in [2.75, 3.05) is 25.6 Å². The summed E-state index contributed by atoms with van der Waals surface area (Å²) in [6.45, 7) is 1.70. The van der Waals surface area contributed by atoms with Gasteiger partial charge in [0.15, 0.2) is 5.75 Å². The largest absolute Gasteiger partial charge is 0.387 e. The Balaban J connectivity index is 0.000000250. The molecule has 248 valence electrons. The minimum Gasteiger partial charge on any atom is -0.387 e. The van der Waals surface area contributed by atoms with E-state index in [0.717, 1.165) is 29.7 Å². The fourth-order valence-corrected chi connectivity index (χ4v) is 5.28. The minimum absolute atomic E-state index is 0.0439. The summed E-state index contributed by atoms with van der Waals surface area (Å²) in [5.74, 6) is -0.805. The number of hydrogen-bond donors (Lipinski definition) is 4. The van der Waals surface area contributed by atoms with E-state index < -0.39 is 38.3 Å². The van der Waals surface area contributed by atoms with Crippen LogP contribution >= 0.6 is 11.6 Å². The second-order valence-electron chi connectivity index (χ2n) is 10.2. The van der Waals surface area contributed by atoms with Gasteiger partial charge in [-0.15, -0.1) is 0 Å². The molecule has 0 spiro atoms. The molecule has 0 aliphatic heterocycles. The Morgan fingerprint density at radius 2 is 1.24 bits per heavy atom. The molecular formula is C32H36ClFN2O8S2. The summed E-state index contributed by atoms with van der Waals surface area (Å²) in [7, 11) is -7.35. The minimum atomic E-state index is -3.71. The van der Waals surface area contributed by atoms with Gasteiger partial charge in [-0.3, -0.25) is 0 Å². The van der Waals surface area contributed by atoms with Gasteiger partial charge in [-0.1, -0.05) is 78.3 Å². The summed E-state index contributed by atoms with van der Waals surface area (Å²) in [6, 6.07) is 27.5. The molecule has 0 aliphatic rings. The molecule has 0 bridgehead atoms. The van der Waals surface area contributed by atoms with Crippen LogP contribution in [0.4, 0.5) is 4.39 Å². The lowest BCUT2D eigenvalue weighted by atomic mass is 10.1. The van der Waals surface area contributed by atoms with E-state index in [4.69, 9.17) is 15.8 Å². The van der Waals surface area contributed by atoms with Gasteiger partial charge in [-0.05, 0) is 41.0 Å². The van der Waals surface area contributed by atoms with Gasteiger partial charge in [0.2, 0.25) is 0 Å². The number of benzene rings is 4. The van der Waals surface area contributed by atoms with E-state index in [1.54, 1.807) is 6.07 Å². The van der Waals surface area contributed by atoms with Crippen LogP contribution in [0.3, 0.4) is 0 Å². The first kappa shape index (κ1) is 36.9. The first-order chi connectivity index (χ1) is 21.7. The van der Waals surface area contributed by atoms with Crippen molar-refractivity contribution >= 4 is 31.8 Å². The van der Waals surface area contributed by atoms with Crippen molar-refractivity contribution in [3.8, 4) is 11.5 Å². The lowest BCUT2D eigenvalue weighted by Crippen LogP contribution is -2.21. The van der Waals surface area contributed by atoms with Crippen LogP contribution in [0.5, 0.6) is 11.5 Å². The normalized spacial score (nSPS) is 12.8. The fraction of sp³-hybridized carbons (Fsp3) is 0.250. The van der Waals surface area contributed by atoms with E-state index in [9.17, 15) is 31.4 Å². The van der Waals surface area contributed by atoms with E-state index >= 15 is 0 Å². The highest BCUT2D eigenvalue weighted by atomic mass is 35.5. The Kier molecular flexibility index (Phi) is 13.9. The van der Waals surface area contributed by atoms with Gasteiger partial charge in [0, 0.05) is 37.8 Å². The second kappa shape index (κ2) is 17.4. The number of hydrogen-bond acceptors (Lipinski definition) is 10. The van der Waals surface area contributed by atoms with Crippen molar-refractivity contribution in [1.82, 2.24) is 10.6 Å². The molecule has 0 saturated carbocycles. The van der Waals surface area contributed by atoms with Gasteiger partial charge < -0.3 is 29.2 Å². The van der Waals surface area contributed by atoms with Crippen molar-refractivity contribution in [3.63, 3.8) is 0 Å². The summed E-state index contributed by atoms with van der Waals surface area (Å²) in [4.78, 5) is 0. The predicted octanol–water partition coefficient (Wildman–Crippen LogP) is 4.49. The zero-order valence-electron chi connectivity index (χ0n) is 25.1. The maximum absolute atomic E-state index is 14.0. The van der Waals surface area contributed by atoms with Crippen molar-refractivity contribution in [3.05, 3.63) is 130 Å². The molecule has 0 heterocycles. The molecule has 0 saturated heterocycles. The van der Waals surface area contributed by atoms with Crippen LogP contribution in [0.25, 0.3) is 0 Å². The molecule has 4 rings (SSSR count). The zero-order chi connectivity index (χ0) is 33.7. The molecule has 2 atom stereocenters. The maximum Gasteiger partial charge on any atom is 0.306 e. The van der Waals surface area contributed by atoms with Crippen molar-refractivity contribution < 1.29 is 39.8 Å². The third-order valence-corrected chi connectivity index (χ3v) is 7.45. The molecule has 46 heavy (non-hydrogen) atoms. The summed E-state index contributed by atoms with van der Waals surface area (Å²) >= 11 is 5.99. The second-order valence-corrected chi connectivity index (χ2v) is 13.8. The van der Waals surface area contributed by atoms with Gasteiger partial charge in [-0.25, -0.2) is 4.39 Å². The average molecular weight is 695 g/mol. The number of rotatable bonds is 14. The monoisotopic (exact) mass is 694 g/mol. The van der Waals surface area contributed by atoms with E-state index in [-0.39, 0.29) is 28.6 Å². The molecule has 2 unspecified atom stereocenters. The third kappa shape index (κ3) is 13.4. The van der Waals surface area contributed by atoms with Crippen LogP contribution in [0.15, 0.2) is 97.1 Å². The smallest absolute Gasteiger partial charge is 0.306 e. The maximum atomic E-state index is 14.0. The average Bonchev–Trinajstić information content (AvgIpc) is 2.98. The highest BCUT2D eigenvalue weighted by molar-refractivity contribution is 7.86. The lowest BCUT2D eigenvalue weighted by molar-refractivity contribution is 0.169. The highest BCUT2D eigenvalue weighted by Gasteiger charge is 2.16. The molecule has 0 amide bonds.